The molecule has 0 radical (unpaired) electrons. The van der Waals surface area contributed by atoms with Gasteiger partial charge in [0.1, 0.15) is 11.3 Å². The standard InChI is InChI=1S/C20H17N3O3S/c1-13-11-15(19-7-4-10-27-19)22-23(13)9-8-21-20(25)18-12-16(24)14-5-2-3-6-17(14)26-18/h2-7,10-12H,8-9H2,1H3,(H,21,25). The van der Waals surface area contributed by atoms with Crippen molar-refractivity contribution < 1.29 is 9.21 Å². The molecule has 0 spiro atoms. The van der Waals surface area contributed by atoms with Gasteiger partial charge >= 0.3 is 0 Å². The van der Waals surface area contributed by atoms with E-state index >= 15 is 0 Å². The SMILES string of the molecule is Cc1cc(-c2cccs2)nn1CCNC(=O)c1cc(=O)c2ccccc2o1. The molecule has 1 aromatic carbocycles. The maximum absolute atomic E-state index is 12.3. The summed E-state index contributed by atoms with van der Waals surface area (Å²) in [5.74, 6) is -0.406. The fourth-order valence-corrected chi connectivity index (χ4v) is 3.54. The maximum atomic E-state index is 12.3. The van der Waals surface area contributed by atoms with E-state index in [1.165, 1.54) is 6.07 Å². The van der Waals surface area contributed by atoms with Crippen molar-refractivity contribution in [3.8, 4) is 10.6 Å². The van der Waals surface area contributed by atoms with Gasteiger partial charge in [-0.3, -0.25) is 14.3 Å². The summed E-state index contributed by atoms with van der Waals surface area (Å²) in [4.78, 5) is 25.6. The molecule has 4 rings (SSSR count). The molecule has 0 aliphatic heterocycles. The number of amides is 1. The number of thiophene rings is 1. The number of nitrogens with zero attached hydrogens (tertiary/aromatic N) is 2. The highest BCUT2D eigenvalue weighted by molar-refractivity contribution is 7.13. The Morgan fingerprint density at radius 2 is 2.07 bits per heavy atom. The normalized spacial score (nSPS) is 11.0. The summed E-state index contributed by atoms with van der Waals surface area (Å²) in [6.07, 6.45) is 0. The molecule has 0 bridgehead atoms. The van der Waals surface area contributed by atoms with Crippen molar-refractivity contribution in [2.45, 2.75) is 13.5 Å². The van der Waals surface area contributed by atoms with E-state index in [0.717, 1.165) is 16.3 Å². The van der Waals surface area contributed by atoms with E-state index in [-0.39, 0.29) is 11.2 Å². The fourth-order valence-electron chi connectivity index (χ4n) is 2.86. The Morgan fingerprint density at radius 1 is 1.22 bits per heavy atom. The summed E-state index contributed by atoms with van der Waals surface area (Å²) in [5, 5.41) is 9.84. The van der Waals surface area contributed by atoms with Crippen LogP contribution in [0.2, 0.25) is 0 Å². The zero-order valence-electron chi connectivity index (χ0n) is 14.6. The van der Waals surface area contributed by atoms with Crippen molar-refractivity contribution in [2.75, 3.05) is 6.54 Å². The molecule has 136 valence electrons. The number of benzene rings is 1. The Labute approximate surface area is 159 Å². The van der Waals surface area contributed by atoms with Crippen molar-refractivity contribution >= 4 is 28.2 Å². The summed E-state index contributed by atoms with van der Waals surface area (Å²) < 4.78 is 7.40. The number of aryl methyl sites for hydroxylation is 1. The molecule has 27 heavy (non-hydrogen) atoms. The number of aromatic nitrogens is 2. The summed E-state index contributed by atoms with van der Waals surface area (Å²) in [5.41, 5.74) is 2.11. The summed E-state index contributed by atoms with van der Waals surface area (Å²) >= 11 is 1.64. The molecule has 0 fully saturated rings. The second-order valence-corrected chi connectivity index (χ2v) is 7.05. The Bertz CT molecular complexity index is 1160. The lowest BCUT2D eigenvalue weighted by atomic mass is 10.2. The van der Waals surface area contributed by atoms with Crippen LogP contribution >= 0.6 is 11.3 Å². The van der Waals surface area contributed by atoms with Gasteiger partial charge in [0.15, 0.2) is 11.2 Å². The highest BCUT2D eigenvalue weighted by Gasteiger charge is 2.12. The number of hydrogen-bond acceptors (Lipinski definition) is 5. The summed E-state index contributed by atoms with van der Waals surface area (Å²) in [7, 11) is 0. The highest BCUT2D eigenvalue weighted by Crippen LogP contribution is 2.23. The van der Waals surface area contributed by atoms with Crippen LogP contribution in [0.1, 0.15) is 16.2 Å². The topological polar surface area (TPSA) is 77.1 Å². The minimum absolute atomic E-state index is 0.00941. The number of carbonyl (C=O) groups is 1. The van der Waals surface area contributed by atoms with E-state index in [9.17, 15) is 9.59 Å². The minimum atomic E-state index is -0.416. The molecule has 3 heterocycles. The molecule has 0 saturated carbocycles. The van der Waals surface area contributed by atoms with E-state index < -0.39 is 5.91 Å². The van der Waals surface area contributed by atoms with Crippen LogP contribution in [0, 0.1) is 6.92 Å². The number of fused-ring (bicyclic) bond motifs is 1. The van der Waals surface area contributed by atoms with Gasteiger partial charge in [-0.25, -0.2) is 0 Å². The van der Waals surface area contributed by atoms with Crippen molar-refractivity contribution in [3.63, 3.8) is 0 Å². The van der Waals surface area contributed by atoms with Crippen LogP contribution in [0.3, 0.4) is 0 Å². The van der Waals surface area contributed by atoms with Crippen molar-refractivity contribution in [3.05, 3.63) is 75.6 Å². The third kappa shape index (κ3) is 3.54. The lowest BCUT2D eigenvalue weighted by molar-refractivity contribution is 0.0924. The summed E-state index contributed by atoms with van der Waals surface area (Å²) in [6, 6.07) is 14.1. The first-order valence-corrected chi connectivity index (χ1v) is 9.39. The zero-order chi connectivity index (χ0) is 18.8. The molecular weight excluding hydrogens is 362 g/mol. The van der Waals surface area contributed by atoms with E-state index in [1.54, 1.807) is 35.6 Å². The molecule has 1 amide bonds. The number of carbonyl (C=O) groups excluding carboxylic acids is 1. The van der Waals surface area contributed by atoms with Gasteiger partial charge in [0, 0.05) is 18.3 Å². The molecule has 4 aromatic rings. The maximum Gasteiger partial charge on any atom is 0.287 e. The van der Waals surface area contributed by atoms with Crippen molar-refractivity contribution in [1.29, 1.82) is 0 Å². The smallest absolute Gasteiger partial charge is 0.287 e. The van der Waals surface area contributed by atoms with Gasteiger partial charge in [0.2, 0.25) is 0 Å². The molecule has 6 nitrogen and oxygen atoms in total. The molecule has 0 saturated heterocycles. The van der Waals surface area contributed by atoms with Crippen LogP contribution in [0.4, 0.5) is 0 Å². The van der Waals surface area contributed by atoms with Crippen molar-refractivity contribution in [1.82, 2.24) is 15.1 Å². The second-order valence-electron chi connectivity index (χ2n) is 6.10. The van der Waals surface area contributed by atoms with Gasteiger partial charge in [-0.05, 0) is 36.6 Å². The van der Waals surface area contributed by atoms with Crippen LogP contribution in [0.15, 0.2) is 63.1 Å². The predicted molar refractivity (Wildman–Crippen MR) is 105 cm³/mol. The van der Waals surface area contributed by atoms with Gasteiger partial charge in [0.25, 0.3) is 5.91 Å². The number of rotatable bonds is 5. The highest BCUT2D eigenvalue weighted by atomic mass is 32.1. The van der Waals surface area contributed by atoms with E-state index in [1.807, 2.05) is 35.2 Å². The Morgan fingerprint density at radius 3 is 2.89 bits per heavy atom. The average Bonchev–Trinajstić information content (AvgIpc) is 3.32. The summed E-state index contributed by atoms with van der Waals surface area (Å²) in [6.45, 7) is 2.89. The monoisotopic (exact) mass is 379 g/mol. The Balaban J connectivity index is 1.44. The molecule has 0 unspecified atom stereocenters. The Hall–Kier alpha value is -3.19. The third-order valence-corrected chi connectivity index (χ3v) is 5.11. The first kappa shape index (κ1) is 17.2. The van der Waals surface area contributed by atoms with Crippen LogP contribution in [0.5, 0.6) is 0 Å². The predicted octanol–water partition coefficient (Wildman–Crippen LogP) is 3.46. The first-order chi connectivity index (χ1) is 13.1. The molecule has 0 aliphatic carbocycles. The van der Waals surface area contributed by atoms with E-state index in [0.29, 0.717) is 24.1 Å². The van der Waals surface area contributed by atoms with Gasteiger partial charge in [-0.1, -0.05) is 18.2 Å². The zero-order valence-corrected chi connectivity index (χ0v) is 15.5. The second kappa shape index (κ2) is 7.20. The molecule has 3 aromatic heterocycles. The van der Waals surface area contributed by atoms with Crippen LogP contribution in [-0.2, 0) is 6.54 Å². The van der Waals surface area contributed by atoms with Gasteiger partial charge in [0.05, 0.1) is 16.8 Å². The van der Waals surface area contributed by atoms with Crippen LogP contribution in [-0.4, -0.2) is 22.2 Å². The molecular formula is C20H17N3O3S. The van der Waals surface area contributed by atoms with Gasteiger partial charge in [-0.15, -0.1) is 11.3 Å². The van der Waals surface area contributed by atoms with Crippen LogP contribution < -0.4 is 10.7 Å². The quantitative estimate of drug-likeness (QED) is 0.576. The van der Waals surface area contributed by atoms with E-state index in [2.05, 4.69) is 10.4 Å². The van der Waals surface area contributed by atoms with Crippen molar-refractivity contribution in [2.24, 2.45) is 0 Å². The number of hydrogen-bond donors (Lipinski definition) is 1. The molecule has 0 aliphatic rings. The first-order valence-electron chi connectivity index (χ1n) is 8.51. The number of nitrogens with one attached hydrogen (secondary N) is 1. The van der Waals surface area contributed by atoms with Crippen LogP contribution in [0.25, 0.3) is 21.5 Å². The van der Waals surface area contributed by atoms with Gasteiger partial charge in [-0.2, -0.15) is 5.10 Å². The van der Waals surface area contributed by atoms with E-state index in [4.69, 9.17) is 4.42 Å². The fraction of sp³-hybridized carbons (Fsp3) is 0.150. The molecule has 7 heteroatoms. The lowest BCUT2D eigenvalue weighted by Crippen LogP contribution is -2.28. The number of para-hydroxylation sites is 1. The minimum Gasteiger partial charge on any atom is -0.451 e. The molecule has 0 atom stereocenters. The Kier molecular flexibility index (Phi) is 4.60. The average molecular weight is 379 g/mol. The molecule has 1 N–H and O–H groups in total. The largest absolute Gasteiger partial charge is 0.451 e. The third-order valence-electron chi connectivity index (χ3n) is 4.22. The lowest BCUT2D eigenvalue weighted by Gasteiger charge is -2.07. The van der Waals surface area contributed by atoms with Gasteiger partial charge < -0.3 is 9.73 Å².